The molecule has 1 aromatic carbocycles. The third-order valence-electron chi connectivity index (χ3n) is 7.00. The van der Waals surface area contributed by atoms with Crippen LogP contribution in [0.1, 0.15) is 61.3 Å². The first kappa shape index (κ1) is 12.7. The van der Waals surface area contributed by atoms with Gasteiger partial charge in [-0.3, -0.25) is 0 Å². The molecule has 1 aromatic rings. The molecule has 1 atom stereocenters. The Labute approximate surface area is 128 Å². The van der Waals surface area contributed by atoms with E-state index in [0.717, 1.165) is 29.7 Å². The molecule has 4 fully saturated rings. The molecule has 0 aliphatic heterocycles. The van der Waals surface area contributed by atoms with Crippen LogP contribution in [-0.4, -0.2) is 6.04 Å². The van der Waals surface area contributed by atoms with E-state index in [9.17, 15) is 0 Å². The molecule has 0 spiro atoms. The van der Waals surface area contributed by atoms with Gasteiger partial charge in [-0.2, -0.15) is 0 Å². The Morgan fingerprint density at radius 1 is 0.952 bits per heavy atom. The summed E-state index contributed by atoms with van der Waals surface area (Å²) in [6, 6.07) is 8.56. The highest BCUT2D eigenvalue weighted by atomic mass is 15.0. The molecule has 0 radical (unpaired) electrons. The molecule has 21 heavy (non-hydrogen) atoms. The van der Waals surface area contributed by atoms with Gasteiger partial charge in [0.25, 0.3) is 0 Å². The van der Waals surface area contributed by atoms with Gasteiger partial charge in [0.15, 0.2) is 0 Å². The van der Waals surface area contributed by atoms with Crippen molar-refractivity contribution in [3.8, 4) is 0 Å². The molecule has 4 bridgehead atoms. The molecule has 6 rings (SSSR count). The number of nitrogens with one attached hydrogen (secondary N) is 1. The van der Waals surface area contributed by atoms with Crippen LogP contribution >= 0.6 is 0 Å². The average Bonchev–Trinajstić information content (AvgIpc) is 2.84. The van der Waals surface area contributed by atoms with Crippen molar-refractivity contribution >= 4 is 0 Å². The van der Waals surface area contributed by atoms with Crippen LogP contribution < -0.4 is 5.32 Å². The summed E-state index contributed by atoms with van der Waals surface area (Å²) in [6.45, 7) is 2.23. The normalized spacial score (nSPS) is 43.3. The number of aryl methyl sites for hydroxylation is 2. The predicted molar refractivity (Wildman–Crippen MR) is 86.2 cm³/mol. The van der Waals surface area contributed by atoms with Crippen molar-refractivity contribution in [2.75, 3.05) is 0 Å². The van der Waals surface area contributed by atoms with Gasteiger partial charge in [0.05, 0.1) is 0 Å². The summed E-state index contributed by atoms with van der Waals surface area (Å²) in [5.74, 6) is 4.16. The standard InChI is InChI=1S/C20H27N/c1-12-2-3-15-4-5-19(18(15)6-12)21-20-16-8-13-7-14(10-16)11-17(20)9-13/h2-3,6,13-14,16-17,19-21H,4-5,7-11H2,1H3. The number of hydrogen-bond donors (Lipinski definition) is 1. The van der Waals surface area contributed by atoms with Crippen LogP contribution in [0.5, 0.6) is 0 Å². The Bertz CT molecular complexity index is 533. The second-order valence-electron chi connectivity index (χ2n) is 8.42. The maximum atomic E-state index is 4.14. The van der Waals surface area contributed by atoms with E-state index in [0.29, 0.717) is 6.04 Å². The summed E-state index contributed by atoms with van der Waals surface area (Å²) in [5, 5.41) is 4.14. The maximum Gasteiger partial charge on any atom is 0.0328 e. The molecular formula is C20H27N. The number of benzene rings is 1. The lowest BCUT2D eigenvalue weighted by molar-refractivity contribution is -0.0177. The molecule has 0 saturated heterocycles. The van der Waals surface area contributed by atoms with E-state index in [1.165, 1.54) is 44.1 Å². The van der Waals surface area contributed by atoms with Gasteiger partial charge in [-0.25, -0.2) is 0 Å². The summed E-state index contributed by atoms with van der Waals surface area (Å²) in [5.41, 5.74) is 4.64. The highest BCUT2D eigenvalue weighted by Gasteiger charge is 2.48. The van der Waals surface area contributed by atoms with Gasteiger partial charge in [0, 0.05) is 12.1 Å². The van der Waals surface area contributed by atoms with Gasteiger partial charge in [-0.05, 0) is 86.7 Å². The molecule has 1 nitrogen and oxygen atoms in total. The highest BCUT2D eigenvalue weighted by molar-refractivity contribution is 5.37. The van der Waals surface area contributed by atoms with Crippen LogP contribution in [0.3, 0.4) is 0 Å². The van der Waals surface area contributed by atoms with E-state index in [4.69, 9.17) is 0 Å². The van der Waals surface area contributed by atoms with Gasteiger partial charge in [0.1, 0.15) is 0 Å². The van der Waals surface area contributed by atoms with E-state index in [-0.39, 0.29) is 0 Å². The van der Waals surface area contributed by atoms with Gasteiger partial charge in [-0.1, -0.05) is 23.8 Å². The molecule has 0 heterocycles. The Balaban J connectivity index is 1.38. The summed E-state index contributed by atoms with van der Waals surface area (Å²) < 4.78 is 0. The first-order valence-corrected chi connectivity index (χ1v) is 9.12. The van der Waals surface area contributed by atoms with Gasteiger partial charge >= 0.3 is 0 Å². The number of rotatable bonds is 2. The molecule has 1 heteroatoms. The van der Waals surface area contributed by atoms with Crippen LogP contribution in [0, 0.1) is 30.6 Å². The minimum absolute atomic E-state index is 0.641. The average molecular weight is 281 g/mol. The van der Waals surface area contributed by atoms with E-state index in [1.807, 2.05) is 0 Å². The van der Waals surface area contributed by atoms with Gasteiger partial charge < -0.3 is 5.32 Å². The lowest BCUT2D eigenvalue weighted by atomic mass is 9.54. The van der Waals surface area contributed by atoms with Crippen LogP contribution in [0.4, 0.5) is 0 Å². The van der Waals surface area contributed by atoms with Crippen molar-refractivity contribution in [1.29, 1.82) is 0 Å². The van der Waals surface area contributed by atoms with E-state index in [2.05, 4.69) is 30.4 Å². The number of fused-ring (bicyclic) bond motifs is 1. The molecular weight excluding hydrogens is 254 g/mol. The summed E-state index contributed by atoms with van der Waals surface area (Å²) in [7, 11) is 0. The topological polar surface area (TPSA) is 12.0 Å². The first-order chi connectivity index (χ1) is 10.3. The van der Waals surface area contributed by atoms with Crippen LogP contribution in [-0.2, 0) is 6.42 Å². The molecule has 5 aliphatic carbocycles. The third-order valence-corrected chi connectivity index (χ3v) is 7.00. The maximum absolute atomic E-state index is 4.14. The van der Waals surface area contributed by atoms with Crippen LogP contribution in [0.15, 0.2) is 18.2 Å². The van der Waals surface area contributed by atoms with Crippen molar-refractivity contribution in [3.05, 3.63) is 34.9 Å². The van der Waals surface area contributed by atoms with Crippen LogP contribution in [0.2, 0.25) is 0 Å². The van der Waals surface area contributed by atoms with Crippen molar-refractivity contribution in [2.45, 2.75) is 64.0 Å². The minimum Gasteiger partial charge on any atom is -0.307 e. The fourth-order valence-electron chi connectivity index (χ4n) is 6.32. The quantitative estimate of drug-likeness (QED) is 0.847. The van der Waals surface area contributed by atoms with E-state index < -0.39 is 0 Å². The first-order valence-electron chi connectivity index (χ1n) is 9.12. The second-order valence-corrected chi connectivity index (χ2v) is 8.42. The zero-order chi connectivity index (χ0) is 14.0. The van der Waals surface area contributed by atoms with Crippen molar-refractivity contribution in [2.24, 2.45) is 23.7 Å². The molecule has 112 valence electrons. The lowest BCUT2D eigenvalue weighted by Crippen LogP contribution is -2.55. The van der Waals surface area contributed by atoms with Crippen LogP contribution in [0.25, 0.3) is 0 Å². The molecule has 5 aliphatic rings. The molecule has 4 saturated carbocycles. The summed E-state index contributed by atoms with van der Waals surface area (Å²) in [6.07, 6.45) is 10.3. The molecule has 0 amide bonds. The highest BCUT2D eigenvalue weighted by Crippen LogP contribution is 2.54. The minimum atomic E-state index is 0.641. The van der Waals surface area contributed by atoms with Gasteiger partial charge in [-0.15, -0.1) is 0 Å². The summed E-state index contributed by atoms with van der Waals surface area (Å²) >= 11 is 0. The van der Waals surface area contributed by atoms with E-state index >= 15 is 0 Å². The predicted octanol–water partition coefficient (Wildman–Crippen LogP) is 4.40. The molecule has 0 aromatic heterocycles. The Hall–Kier alpha value is -0.820. The van der Waals surface area contributed by atoms with Crippen molar-refractivity contribution < 1.29 is 0 Å². The lowest BCUT2D eigenvalue weighted by Gasteiger charge is -2.55. The van der Waals surface area contributed by atoms with Crippen molar-refractivity contribution in [3.63, 3.8) is 0 Å². The third kappa shape index (κ3) is 2.00. The molecule has 1 N–H and O–H groups in total. The zero-order valence-electron chi connectivity index (χ0n) is 13.1. The zero-order valence-corrected chi connectivity index (χ0v) is 13.1. The van der Waals surface area contributed by atoms with Crippen molar-refractivity contribution in [1.82, 2.24) is 5.32 Å². The summed E-state index contributed by atoms with van der Waals surface area (Å²) in [4.78, 5) is 0. The van der Waals surface area contributed by atoms with Gasteiger partial charge in [0.2, 0.25) is 0 Å². The molecule has 1 unspecified atom stereocenters. The second kappa shape index (κ2) is 4.59. The monoisotopic (exact) mass is 281 g/mol. The Morgan fingerprint density at radius 3 is 2.38 bits per heavy atom. The smallest absolute Gasteiger partial charge is 0.0328 e. The Kier molecular flexibility index (Phi) is 2.77. The fourth-order valence-corrected chi connectivity index (χ4v) is 6.32. The number of hydrogen-bond acceptors (Lipinski definition) is 1. The van der Waals surface area contributed by atoms with E-state index in [1.54, 1.807) is 17.5 Å². The SMILES string of the molecule is Cc1ccc2c(c1)C(NC1C3CC4CC(C3)CC1C4)CC2. The Morgan fingerprint density at radius 2 is 1.67 bits per heavy atom. The fraction of sp³-hybridized carbons (Fsp3) is 0.700. The largest absolute Gasteiger partial charge is 0.307 e.